The number of aromatic nitrogens is 1. The van der Waals surface area contributed by atoms with Gasteiger partial charge in [-0.25, -0.2) is 0 Å². The van der Waals surface area contributed by atoms with Crippen LogP contribution >= 0.6 is 11.3 Å². The monoisotopic (exact) mass is 479 g/mol. The van der Waals surface area contributed by atoms with Crippen LogP contribution in [0.4, 0.5) is 0 Å². The Labute approximate surface area is 201 Å². The third-order valence-corrected chi connectivity index (χ3v) is 6.95. The minimum Gasteiger partial charge on any atom is -0.506 e. The van der Waals surface area contributed by atoms with Gasteiger partial charge >= 0.3 is 4.87 Å². The van der Waals surface area contributed by atoms with Crippen molar-refractivity contribution in [1.29, 1.82) is 0 Å². The van der Waals surface area contributed by atoms with E-state index in [4.69, 9.17) is 10.5 Å². The van der Waals surface area contributed by atoms with Gasteiger partial charge in [-0.05, 0) is 60.3 Å². The predicted molar refractivity (Wildman–Crippen MR) is 136 cm³/mol. The number of carbonyl (C=O) groups excluding carboxylic acids is 1. The molecule has 5 N–H and O–H groups in total. The Kier molecular flexibility index (Phi) is 7.95. The molecule has 0 spiro atoms. The molecule has 0 saturated carbocycles. The normalized spacial score (nSPS) is 12.4. The first-order valence-electron chi connectivity index (χ1n) is 11.4. The van der Waals surface area contributed by atoms with E-state index >= 15 is 0 Å². The maximum atomic E-state index is 11.9. The largest absolute Gasteiger partial charge is 0.506 e. The molecule has 8 heteroatoms. The molecule has 4 rings (SSSR count). The molecule has 0 aliphatic carbocycles. The third-order valence-electron chi connectivity index (χ3n) is 6.00. The Morgan fingerprint density at radius 3 is 2.74 bits per heavy atom. The Hall–Kier alpha value is -3.20. The van der Waals surface area contributed by atoms with Crippen LogP contribution in [0.25, 0.3) is 21.0 Å². The molecule has 0 bridgehead atoms. The van der Waals surface area contributed by atoms with Crippen molar-refractivity contribution in [3.8, 4) is 5.75 Å². The number of hydrogen-bond acceptors (Lipinski definition) is 6. The number of fused-ring (bicyclic) bond motifs is 2. The fourth-order valence-electron chi connectivity index (χ4n) is 4.12. The number of nitrogens with two attached hydrogens (primary N) is 1. The lowest BCUT2D eigenvalue weighted by Gasteiger charge is -2.15. The van der Waals surface area contributed by atoms with Crippen LogP contribution in [0.1, 0.15) is 17.5 Å². The molecule has 1 atom stereocenters. The number of phenolic OH excluding ortho intramolecular Hbond substituents is 1. The topological polar surface area (TPSA) is 117 Å². The van der Waals surface area contributed by atoms with Crippen molar-refractivity contribution in [3.05, 3.63) is 75.4 Å². The van der Waals surface area contributed by atoms with Gasteiger partial charge < -0.3 is 25.9 Å². The zero-order chi connectivity index (χ0) is 23.9. The summed E-state index contributed by atoms with van der Waals surface area (Å²) < 4.78 is 6.59. The first-order valence-corrected chi connectivity index (χ1v) is 12.2. The number of nitrogens with one attached hydrogen (secondary N) is 2. The summed E-state index contributed by atoms with van der Waals surface area (Å²) in [6, 6.07) is 18.0. The Morgan fingerprint density at radius 1 is 1.06 bits per heavy atom. The molecule has 3 aromatic carbocycles. The van der Waals surface area contributed by atoms with E-state index in [9.17, 15) is 14.7 Å². The third kappa shape index (κ3) is 5.83. The van der Waals surface area contributed by atoms with E-state index in [0.29, 0.717) is 44.7 Å². The number of H-pyrrole nitrogens is 1. The standard InChI is InChI=1S/C26H29N3O4S/c27-25(31)20(16-33-15-12-18-6-3-5-17-4-1-2-7-21(17)18)11-14-28-13-10-19-8-9-22(30)23-24(19)34-26(32)29-23/h1-9,20,28,30H,10-16H2,(H2,27,31)(H,29,32). The van der Waals surface area contributed by atoms with E-state index < -0.39 is 0 Å². The zero-order valence-electron chi connectivity index (χ0n) is 18.9. The fourth-order valence-corrected chi connectivity index (χ4v) is 5.02. The van der Waals surface area contributed by atoms with Crippen molar-refractivity contribution in [2.24, 2.45) is 11.7 Å². The number of thiazole rings is 1. The number of benzene rings is 3. The first-order chi connectivity index (χ1) is 16.5. The van der Waals surface area contributed by atoms with Crippen molar-refractivity contribution in [3.63, 3.8) is 0 Å². The minimum absolute atomic E-state index is 0.0785. The molecular formula is C26H29N3O4S. The number of primary amides is 1. The van der Waals surface area contributed by atoms with Crippen LogP contribution in [0, 0.1) is 5.92 Å². The van der Waals surface area contributed by atoms with E-state index in [1.54, 1.807) is 6.07 Å². The lowest BCUT2D eigenvalue weighted by Crippen LogP contribution is -2.31. The van der Waals surface area contributed by atoms with Crippen LogP contribution in [0.15, 0.2) is 59.4 Å². The Bertz CT molecular complexity index is 1330. The zero-order valence-corrected chi connectivity index (χ0v) is 19.7. The van der Waals surface area contributed by atoms with E-state index in [2.05, 4.69) is 40.6 Å². The second kappa shape index (κ2) is 11.3. The second-order valence-corrected chi connectivity index (χ2v) is 9.30. The smallest absolute Gasteiger partial charge is 0.305 e. The number of rotatable bonds is 12. The number of phenols is 1. The van der Waals surface area contributed by atoms with E-state index in [1.165, 1.54) is 16.3 Å². The SMILES string of the molecule is NC(=O)C(CCNCCc1ccc(O)c2[nH]c(=O)sc12)COCCc1cccc2ccccc12. The summed E-state index contributed by atoms with van der Waals surface area (Å²) >= 11 is 1.10. The highest BCUT2D eigenvalue weighted by atomic mass is 32.1. The van der Waals surface area contributed by atoms with Crippen LogP contribution in [0.2, 0.25) is 0 Å². The van der Waals surface area contributed by atoms with Crippen LogP contribution in [0.3, 0.4) is 0 Å². The number of ether oxygens (including phenoxy) is 1. The average Bonchev–Trinajstić information content (AvgIpc) is 3.24. The number of aromatic amines is 1. The molecule has 0 saturated heterocycles. The van der Waals surface area contributed by atoms with Crippen molar-refractivity contribution in [1.82, 2.24) is 10.3 Å². The number of amides is 1. The van der Waals surface area contributed by atoms with E-state index in [0.717, 1.165) is 28.0 Å². The van der Waals surface area contributed by atoms with Gasteiger partial charge in [0.15, 0.2) is 0 Å². The fraction of sp³-hybridized carbons (Fsp3) is 0.308. The molecule has 0 fully saturated rings. The summed E-state index contributed by atoms with van der Waals surface area (Å²) in [5.74, 6) is -0.630. The van der Waals surface area contributed by atoms with Gasteiger partial charge in [0.1, 0.15) is 11.3 Å². The average molecular weight is 480 g/mol. The molecule has 4 aromatic rings. The van der Waals surface area contributed by atoms with Gasteiger partial charge in [-0.2, -0.15) is 0 Å². The molecule has 1 amide bonds. The highest BCUT2D eigenvalue weighted by Gasteiger charge is 2.15. The second-order valence-electron chi connectivity index (χ2n) is 8.31. The lowest BCUT2D eigenvalue weighted by atomic mass is 10.0. The lowest BCUT2D eigenvalue weighted by molar-refractivity contribution is -0.123. The molecule has 0 aliphatic rings. The van der Waals surface area contributed by atoms with Gasteiger partial charge in [0.05, 0.1) is 23.8 Å². The summed E-state index contributed by atoms with van der Waals surface area (Å²) in [6.45, 7) is 2.14. The minimum atomic E-state index is -0.357. The highest BCUT2D eigenvalue weighted by Crippen LogP contribution is 2.27. The van der Waals surface area contributed by atoms with Crippen LogP contribution in [-0.2, 0) is 22.4 Å². The highest BCUT2D eigenvalue weighted by molar-refractivity contribution is 7.16. The summed E-state index contributed by atoms with van der Waals surface area (Å²) in [7, 11) is 0. The van der Waals surface area contributed by atoms with Crippen LogP contribution < -0.4 is 15.9 Å². The molecule has 1 heterocycles. The molecular weight excluding hydrogens is 450 g/mol. The van der Waals surface area contributed by atoms with Gasteiger partial charge in [-0.3, -0.25) is 9.59 Å². The van der Waals surface area contributed by atoms with Gasteiger partial charge in [0, 0.05) is 0 Å². The van der Waals surface area contributed by atoms with Gasteiger partial charge in [-0.1, -0.05) is 59.9 Å². The molecule has 178 valence electrons. The number of hydrogen-bond donors (Lipinski definition) is 4. The maximum Gasteiger partial charge on any atom is 0.305 e. The molecule has 0 aliphatic heterocycles. The van der Waals surface area contributed by atoms with Gasteiger partial charge in [-0.15, -0.1) is 0 Å². The van der Waals surface area contributed by atoms with Crippen LogP contribution in [0.5, 0.6) is 5.75 Å². The van der Waals surface area contributed by atoms with Crippen molar-refractivity contribution in [2.75, 3.05) is 26.3 Å². The van der Waals surface area contributed by atoms with E-state index in [1.807, 2.05) is 18.2 Å². The Balaban J connectivity index is 1.20. The summed E-state index contributed by atoms with van der Waals surface area (Å²) in [4.78, 5) is 26.0. The van der Waals surface area contributed by atoms with Crippen molar-refractivity contribution < 1.29 is 14.6 Å². The first kappa shape index (κ1) is 23.9. The van der Waals surface area contributed by atoms with Crippen LogP contribution in [-0.4, -0.2) is 42.3 Å². The summed E-state index contributed by atoms with van der Waals surface area (Å²) in [5, 5.41) is 15.7. The van der Waals surface area contributed by atoms with Crippen molar-refractivity contribution in [2.45, 2.75) is 19.3 Å². The molecule has 1 unspecified atom stereocenters. The Morgan fingerprint density at radius 2 is 1.88 bits per heavy atom. The summed E-state index contributed by atoms with van der Waals surface area (Å²) in [6.07, 6.45) is 2.07. The van der Waals surface area contributed by atoms with Gasteiger partial charge in [0.25, 0.3) is 0 Å². The quantitative estimate of drug-likeness (QED) is 0.233. The number of carbonyl (C=O) groups is 1. The number of aromatic hydroxyl groups is 1. The van der Waals surface area contributed by atoms with E-state index in [-0.39, 0.29) is 22.4 Å². The molecule has 0 radical (unpaired) electrons. The molecule has 7 nitrogen and oxygen atoms in total. The summed E-state index contributed by atoms with van der Waals surface area (Å²) in [5.41, 5.74) is 8.30. The maximum absolute atomic E-state index is 11.9. The molecule has 1 aromatic heterocycles. The van der Waals surface area contributed by atoms with Gasteiger partial charge in [0.2, 0.25) is 5.91 Å². The predicted octanol–water partition coefficient (Wildman–Crippen LogP) is 3.33. The molecule has 34 heavy (non-hydrogen) atoms. The van der Waals surface area contributed by atoms with Crippen molar-refractivity contribution >= 4 is 38.2 Å².